The zero-order valence-corrected chi connectivity index (χ0v) is 10.2. The van der Waals surface area contributed by atoms with Gasteiger partial charge in [-0.05, 0) is 12.5 Å². The Morgan fingerprint density at radius 2 is 2.39 bits per heavy atom. The molecule has 0 aliphatic heterocycles. The Hall–Kier alpha value is -2.11. The van der Waals surface area contributed by atoms with Gasteiger partial charge in [0.05, 0.1) is 5.39 Å². The van der Waals surface area contributed by atoms with E-state index in [1.54, 1.807) is 6.20 Å². The van der Waals surface area contributed by atoms with E-state index < -0.39 is 12.0 Å². The predicted octanol–water partition coefficient (Wildman–Crippen LogP) is 2.01. The van der Waals surface area contributed by atoms with E-state index in [4.69, 9.17) is 0 Å². The maximum absolute atomic E-state index is 11.2. The molecule has 0 radical (unpaired) electrons. The van der Waals surface area contributed by atoms with Gasteiger partial charge in [0.2, 0.25) is 0 Å². The molecule has 0 saturated heterocycles. The predicted molar refractivity (Wildman–Crippen MR) is 68.5 cm³/mol. The number of nitrogens with zero attached hydrogens (tertiary/aromatic N) is 2. The number of aromatic amines is 1. The Kier molecular flexibility index (Phi) is 3.76. The number of carbonyl (C=O) groups is 1. The fourth-order valence-corrected chi connectivity index (χ4v) is 1.82. The minimum Gasteiger partial charge on any atom is -0.480 e. The normalized spacial score (nSPS) is 12.5. The fraction of sp³-hybridized carbons (Fsp3) is 0.417. The molecule has 2 rings (SSSR count). The molecule has 1 atom stereocenters. The van der Waals surface area contributed by atoms with Crippen molar-refractivity contribution in [2.45, 2.75) is 32.2 Å². The van der Waals surface area contributed by atoms with Gasteiger partial charge >= 0.3 is 5.97 Å². The summed E-state index contributed by atoms with van der Waals surface area (Å²) in [6.07, 6.45) is 5.59. The first-order valence-electron chi connectivity index (χ1n) is 5.99. The standard InChI is InChI=1S/C12H16N4O2/c1-2-3-4-9(12(17)18)16-11-8-5-6-13-10(8)14-7-15-11/h5-7,9H,2-4H2,1H3,(H,17,18)(H2,13,14,15,16). The molecule has 0 amide bonds. The molecule has 18 heavy (non-hydrogen) atoms. The summed E-state index contributed by atoms with van der Waals surface area (Å²) < 4.78 is 0. The van der Waals surface area contributed by atoms with Crippen molar-refractivity contribution in [2.75, 3.05) is 5.32 Å². The van der Waals surface area contributed by atoms with Crippen molar-refractivity contribution in [3.8, 4) is 0 Å². The highest BCUT2D eigenvalue weighted by molar-refractivity contribution is 5.88. The molecule has 0 aliphatic rings. The number of aliphatic carboxylic acids is 1. The highest BCUT2D eigenvalue weighted by Gasteiger charge is 2.18. The van der Waals surface area contributed by atoms with E-state index >= 15 is 0 Å². The van der Waals surface area contributed by atoms with Crippen LogP contribution >= 0.6 is 0 Å². The van der Waals surface area contributed by atoms with Gasteiger partial charge in [0.1, 0.15) is 23.8 Å². The van der Waals surface area contributed by atoms with Crippen LogP contribution in [-0.2, 0) is 4.79 Å². The number of carboxylic acids is 1. The molecule has 2 aromatic rings. The molecule has 2 aromatic heterocycles. The van der Waals surface area contributed by atoms with Gasteiger partial charge in [0.15, 0.2) is 0 Å². The van der Waals surface area contributed by atoms with E-state index in [9.17, 15) is 9.90 Å². The fourth-order valence-electron chi connectivity index (χ4n) is 1.82. The Balaban J connectivity index is 2.20. The lowest BCUT2D eigenvalue weighted by atomic mass is 10.1. The van der Waals surface area contributed by atoms with Gasteiger partial charge in [-0.2, -0.15) is 0 Å². The number of nitrogens with one attached hydrogen (secondary N) is 2. The van der Waals surface area contributed by atoms with Gasteiger partial charge < -0.3 is 15.4 Å². The smallest absolute Gasteiger partial charge is 0.326 e. The van der Waals surface area contributed by atoms with E-state index in [2.05, 4.69) is 20.3 Å². The molecule has 2 heterocycles. The van der Waals surface area contributed by atoms with Crippen LogP contribution in [0.5, 0.6) is 0 Å². The molecule has 0 aromatic carbocycles. The summed E-state index contributed by atoms with van der Waals surface area (Å²) in [6, 6.07) is 1.22. The number of hydrogen-bond donors (Lipinski definition) is 3. The van der Waals surface area contributed by atoms with Crippen molar-refractivity contribution in [2.24, 2.45) is 0 Å². The topological polar surface area (TPSA) is 90.9 Å². The van der Waals surface area contributed by atoms with Gasteiger partial charge in [-0.15, -0.1) is 0 Å². The summed E-state index contributed by atoms with van der Waals surface area (Å²) in [4.78, 5) is 22.3. The molecule has 6 heteroatoms. The van der Waals surface area contributed by atoms with Crippen molar-refractivity contribution in [1.29, 1.82) is 0 Å². The van der Waals surface area contributed by atoms with E-state index in [1.807, 2.05) is 13.0 Å². The molecule has 0 bridgehead atoms. The van der Waals surface area contributed by atoms with Gasteiger partial charge in [0, 0.05) is 6.20 Å². The largest absolute Gasteiger partial charge is 0.480 e. The average molecular weight is 248 g/mol. The first kappa shape index (κ1) is 12.3. The number of H-pyrrole nitrogens is 1. The quantitative estimate of drug-likeness (QED) is 0.727. The summed E-state index contributed by atoms with van der Waals surface area (Å²) in [6.45, 7) is 2.04. The van der Waals surface area contributed by atoms with Crippen LogP contribution in [0.1, 0.15) is 26.2 Å². The number of rotatable bonds is 6. The maximum atomic E-state index is 11.2. The summed E-state index contributed by atoms with van der Waals surface area (Å²) in [5, 5.41) is 12.9. The molecular weight excluding hydrogens is 232 g/mol. The SMILES string of the molecule is CCCCC(Nc1ncnc2[nH]ccc12)C(=O)O. The second-order valence-corrected chi connectivity index (χ2v) is 4.14. The lowest BCUT2D eigenvalue weighted by Crippen LogP contribution is -2.29. The summed E-state index contributed by atoms with van der Waals surface area (Å²) in [5.74, 6) is -0.296. The molecule has 0 spiro atoms. The molecule has 6 nitrogen and oxygen atoms in total. The second kappa shape index (κ2) is 5.48. The van der Waals surface area contributed by atoms with E-state index in [0.717, 1.165) is 18.2 Å². The molecule has 1 unspecified atom stereocenters. The Bertz CT molecular complexity index is 538. The first-order chi connectivity index (χ1) is 8.72. The highest BCUT2D eigenvalue weighted by Crippen LogP contribution is 2.19. The highest BCUT2D eigenvalue weighted by atomic mass is 16.4. The van der Waals surface area contributed by atoms with Crippen molar-refractivity contribution in [3.05, 3.63) is 18.6 Å². The molecule has 0 fully saturated rings. The molecular formula is C12H16N4O2. The van der Waals surface area contributed by atoms with Crippen molar-refractivity contribution < 1.29 is 9.90 Å². The molecule has 0 saturated carbocycles. The molecule has 0 aliphatic carbocycles. The summed E-state index contributed by atoms with van der Waals surface area (Å²) >= 11 is 0. The number of carboxylic acid groups (broad SMARTS) is 1. The number of anilines is 1. The average Bonchev–Trinajstić information content (AvgIpc) is 2.83. The first-order valence-corrected chi connectivity index (χ1v) is 5.99. The van der Waals surface area contributed by atoms with Crippen molar-refractivity contribution >= 4 is 22.8 Å². The third kappa shape index (κ3) is 2.58. The number of unbranched alkanes of at least 4 members (excludes halogenated alkanes) is 1. The van der Waals surface area contributed by atoms with E-state index in [1.165, 1.54) is 6.33 Å². The van der Waals surface area contributed by atoms with Crippen LogP contribution in [0.2, 0.25) is 0 Å². The van der Waals surface area contributed by atoms with Crippen LogP contribution < -0.4 is 5.32 Å². The zero-order valence-electron chi connectivity index (χ0n) is 10.2. The molecule has 96 valence electrons. The lowest BCUT2D eigenvalue weighted by Gasteiger charge is -2.14. The summed E-state index contributed by atoms with van der Waals surface area (Å²) in [7, 11) is 0. The van der Waals surface area contributed by atoms with E-state index in [0.29, 0.717) is 17.9 Å². The van der Waals surface area contributed by atoms with Crippen LogP contribution in [0.3, 0.4) is 0 Å². The second-order valence-electron chi connectivity index (χ2n) is 4.14. The summed E-state index contributed by atoms with van der Waals surface area (Å²) in [5.41, 5.74) is 0.701. The van der Waals surface area contributed by atoms with Gasteiger partial charge in [0.25, 0.3) is 0 Å². The van der Waals surface area contributed by atoms with Crippen LogP contribution in [0.4, 0.5) is 5.82 Å². The Morgan fingerprint density at radius 1 is 1.56 bits per heavy atom. The van der Waals surface area contributed by atoms with Crippen LogP contribution in [0.15, 0.2) is 18.6 Å². The van der Waals surface area contributed by atoms with Crippen molar-refractivity contribution in [3.63, 3.8) is 0 Å². The van der Waals surface area contributed by atoms with Crippen molar-refractivity contribution in [1.82, 2.24) is 15.0 Å². The van der Waals surface area contributed by atoms with Crippen LogP contribution in [0.25, 0.3) is 11.0 Å². The van der Waals surface area contributed by atoms with Gasteiger partial charge in [-0.1, -0.05) is 19.8 Å². The third-order valence-electron chi connectivity index (χ3n) is 2.81. The minimum atomic E-state index is -0.856. The number of hydrogen-bond acceptors (Lipinski definition) is 4. The van der Waals surface area contributed by atoms with Crippen LogP contribution in [-0.4, -0.2) is 32.1 Å². The number of aromatic nitrogens is 3. The number of fused-ring (bicyclic) bond motifs is 1. The Labute approximate surface area is 104 Å². The Morgan fingerprint density at radius 3 is 3.11 bits per heavy atom. The molecule has 3 N–H and O–H groups in total. The van der Waals surface area contributed by atoms with Gasteiger partial charge in [-0.3, -0.25) is 0 Å². The third-order valence-corrected chi connectivity index (χ3v) is 2.81. The van der Waals surface area contributed by atoms with Crippen LogP contribution in [0, 0.1) is 0 Å². The minimum absolute atomic E-state index is 0.560. The van der Waals surface area contributed by atoms with E-state index in [-0.39, 0.29) is 0 Å². The van der Waals surface area contributed by atoms with Gasteiger partial charge in [-0.25, -0.2) is 14.8 Å². The lowest BCUT2D eigenvalue weighted by molar-refractivity contribution is -0.138. The zero-order chi connectivity index (χ0) is 13.0. The maximum Gasteiger partial charge on any atom is 0.326 e. The monoisotopic (exact) mass is 248 g/mol.